The number of fused-ring (bicyclic) bond motifs is 1. The van der Waals surface area contributed by atoms with E-state index >= 15 is 0 Å². The van der Waals surface area contributed by atoms with Gasteiger partial charge in [-0.3, -0.25) is 9.20 Å². The summed E-state index contributed by atoms with van der Waals surface area (Å²) in [6, 6.07) is 9.15. The lowest BCUT2D eigenvalue weighted by Gasteiger charge is -2.10. The maximum Gasteiger partial charge on any atom is 0.274 e. The van der Waals surface area contributed by atoms with Crippen molar-refractivity contribution in [2.75, 3.05) is 11.9 Å². The Morgan fingerprint density at radius 2 is 2.08 bits per heavy atom. The Morgan fingerprint density at radius 1 is 1.28 bits per heavy atom. The number of pyridine rings is 1. The van der Waals surface area contributed by atoms with E-state index in [2.05, 4.69) is 10.3 Å². The Bertz CT molecular complexity index is 934. The molecule has 3 aromatic rings. The molecule has 1 aromatic carbocycles. The predicted molar refractivity (Wildman–Crippen MR) is 99.9 cm³/mol. The highest BCUT2D eigenvalue weighted by atomic mass is 35.5. The van der Waals surface area contributed by atoms with Gasteiger partial charge in [0, 0.05) is 16.9 Å². The highest BCUT2D eigenvalue weighted by Gasteiger charge is 2.21. The third-order valence-electron chi connectivity index (χ3n) is 4.05. The minimum absolute atomic E-state index is 0.219. The molecule has 0 bridgehead atoms. The summed E-state index contributed by atoms with van der Waals surface area (Å²) in [6.07, 6.45) is 2.47. The van der Waals surface area contributed by atoms with Crippen molar-refractivity contribution in [3.8, 4) is 5.75 Å². The number of halogens is 1. The van der Waals surface area contributed by atoms with Crippen molar-refractivity contribution in [1.29, 1.82) is 0 Å². The first kappa shape index (κ1) is 17.3. The number of aromatic nitrogens is 2. The van der Waals surface area contributed by atoms with Gasteiger partial charge in [-0.05, 0) is 50.1 Å². The van der Waals surface area contributed by atoms with Crippen LogP contribution < -0.4 is 10.1 Å². The summed E-state index contributed by atoms with van der Waals surface area (Å²) >= 11 is 6.15. The first-order chi connectivity index (χ1) is 12.1. The molecule has 2 aromatic heterocycles. The van der Waals surface area contributed by atoms with Crippen LogP contribution in [0.3, 0.4) is 0 Å². The van der Waals surface area contributed by atoms with Crippen LogP contribution in [0.1, 0.15) is 35.6 Å². The molecule has 130 valence electrons. The number of anilines is 1. The summed E-state index contributed by atoms with van der Waals surface area (Å²) in [5.74, 6) is 0.445. The predicted octanol–water partition coefficient (Wildman–Crippen LogP) is 4.51. The SMILES string of the molecule is CCOc1cccn2c(C(=O)Nc3cccc(Cl)c3C)c(CC)nc12. The zero-order valence-corrected chi connectivity index (χ0v) is 15.2. The normalized spacial score (nSPS) is 10.9. The molecular formula is C19H20ClN3O2. The van der Waals surface area contributed by atoms with E-state index in [1.54, 1.807) is 10.5 Å². The Morgan fingerprint density at radius 3 is 2.80 bits per heavy atom. The average Bonchev–Trinajstić information content (AvgIpc) is 2.99. The van der Waals surface area contributed by atoms with Gasteiger partial charge in [-0.2, -0.15) is 0 Å². The molecular weight excluding hydrogens is 338 g/mol. The second-order valence-electron chi connectivity index (χ2n) is 5.63. The number of aryl methyl sites for hydroxylation is 1. The minimum Gasteiger partial charge on any atom is -0.490 e. The maximum atomic E-state index is 12.9. The Kier molecular flexibility index (Phi) is 4.95. The van der Waals surface area contributed by atoms with Crippen LogP contribution in [0.5, 0.6) is 5.75 Å². The fourth-order valence-corrected chi connectivity index (χ4v) is 2.94. The van der Waals surface area contributed by atoms with E-state index in [-0.39, 0.29) is 5.91 Å². The highest BCUT2D eigenvalue weighted by Crippen LogP contribution is 2.26. The lowest BCUT2D eigenvalue weighted by atomic mass is 10.2. The van der Waals surface area contributed by atoms with Crippen molar-refractivity contribution < 1.29 is 9.53 Å². The fourth-order valence-electron chi connectivity index (χ4n) is 2.77. The van der Waals surface area contributed by atoms with Crippen molar-refractivity contribution >= 4 is 28.8 Å². The molecule has 3 rings (SSSR count). The van der Waals surface area contributed by atoms with Crippen molar-refractivity contribution in [3.63, 3.8) is 0 Å². The number of nitrogens with one attached hydrogen (secondary N) is 1. The zero-order chi connectivity index (χ0) is 18.0. The number of imidazole rings is 1. The van der Waals surface area contributed by atoms with Gasteiger partial charge < -0.3 is 10.1 Å². The van der Waals surface area contributed by atoms with E-state index in [9.17, 15) is 4.79 Å². The molecule has 0 unspecified atom stereocenters. The monoisotopic (exact) mass is 357 g/mol. The maximum absolute atomic E-state index is 12.9. The van der Waals surface area contributed by atoms with Crippen LogP contribution in [-0.4, -0.2) is 21.9 Å². The number of nitrogens with zero attached hydrogens (tertiary/aromatic N) is 2. The average molecular weight is 358 g/mol. The van der Waals surface area contributed by atoms with Crippen molar-refractivity contribution in [3.05, 3.63) is 58.5 Å². The molecule has 0 fully saturated rings. The van der Waals surface area contributed by atoms with Crippen molar-refractivity contribution in [1.82, 2.24) is 9.38 Å². The van der Waals surface area contributed by atoms with E-state index in [0.29, 0.717) is 40.8 Å². The fraction of sp³-hybridized carbons (Fsp3) is 0.263. The summed E-state index contributed by atoms with van der Waals surface area (Å²) in [6.45, 7) is 6.31. The molecule has 6 heteroatoms. The number of amides is 1. The zero-order valence-electron chi connectivity index (χ0n) is 14.5. The van der Waals surface area contributed by atoms with E-state index < -0.39 is 0 Å². The van der Waals surface area contributed by atoms with Gasteiger partial charge in [-0.15, -0.1) is 0 Å². The summed E-state index contributed by atoms with van der Waals surface area (Å²) in [4.78, 5) is 17.5. The van der Waals surface area contributed by atoms with E-state index in [1.165, 1.54) is 0 Å². The standard InChI is InChI=1S/C19H20ClN3O2/c1-4-14-17(19(24)22-15-9-6-8-13(20)12(15)3)23-11-7-10-16(25-5-2)18(23)21-14/h6-11H,4-5H2,1-3H3,(H,22,24). The second-order valence-corrected chi connectivity index (χ2v) is 6.03. The minimum atomic E-state index is -0.219. The molecule has 2 heterocycles. The summed E-state index contributed by atoms with van der Waals surface area (Å²) in [5.41, 5.74) is 3.41. The van der Waals surface area contributed by atoms with Crippen LogP contribution >= 0.6 is 11.6 Å². The third kappa shape index (κ3) is 3.20. The van der Waals surface area contributed by atoms with Gasteiger partial charge in [0.1, 0.15) is 5.69 Å². The number of carbonyl (C=O) groups is 1. The molecule has 0 aliphatic heterocycles. The Labute approximate surface area is 151 Å². The highest BCUT2D eigenvalue weighted by molar-refractivity contribution is 6.31. The van der Waals surface area contributed by atoms with Gasteiger partial charge >= 0.3 is 0 Å². The second kappa shape index (κ2) is 7.15. The molecule has 25 heavy (non-hydrogen) atoms. The van der Waals surface area contributed by atoms with Gasteiger partial charge in [-0.25, -0.2) is 4.98 Å². The Balaban J connectivity index is 2.06. The summed E-state index contributed by atoms with van der Waals surface area (Å²) in [7, 11) is 0. The van der Waals surface area contributed by atoms with Crippen LogP contribution in [0.2, 0.25) is 5.02 Å². The molecule has 0 aliphatic carbocycles. The number of benzene rings is 1. The van der Waals surface area contributed by atoms with Gasteiger partial charge in [-0.1, -0.05) is 24.6 Å². The molecule has 0 saturated heterocycles. The quantitative estimate of drug-likeness (QED) is 0.731. The van der Waals surface area contributed by atoms with Crippen LogP contribution in [0.4, 0.5) is 5.69 Å². The lowest BCUT2D eigenvalue weighted by molar-refractivity contribution is 0.102. The van der Waals surface area contributed by atoms with Gasteiger partial charge in [0.2, 0.25) is 0 Å². The molecule has 0 saturated carbocycles. The van der Waals surface area contributed by atoms with Gasteiger partial charge in [0.25, 0.3) is 5.91 Å². The number of hydrogen-bond acceptors (Lipinski definition) is 3. The number of hydrogen-bond donors (Lipinski definition) is 1. The van der Waals surface area contributed by atoms with Crippen molar-refractivity contribution in [2.45, 2.75) is 27.2 Å². The molecule has 0 radical (unpaired) electrons. The van der Waals surface area contributed by atoms with Crippen molar-refractivity contribution in [2.24, 2.45) is 0 Å². The smallest absolute Gasteiger partial charge is 0.274 e. The van der Waals surface area contributed by atoms with Crippen LogP contribution in [-0.2, 0) is 6.42 Å². The van der Waals surface area contributed by atoms with Crippen LogP contribution in [0.15, 0.2) is 36.5 Å². The first-order valence-corrected chi connectivity index (χ1v) is 8.63. The molecule has 0 aliphatic rings. The number of ether oxygens (including phenoxy) is 1. The van der Waals surface area contributed by atoms with E-state index in [0.717, 1.165) is 11.3 Å². The summed E-state index contributed by atoms with van der Waals surface area (Å²) < 4.78 is 7.41. The van der Waals surface area contributed by atoms with Crippen LogP contribution in [0, 0.1) is 6.92 Å². The van der Waals surface area contributed by atoms with E-state index in [1.807, 2.05) is 51.2 Å². The van der Waals surface area contributed by atoms with E-state index in [4.69, 9.17) is 16.3 Å². The molecule has 0 atom stereocenters. The van der Waals surface area contributed by atoms with Gasteiger partial charge in [0.05, 0.1) is 12.3 Å². The van der Waals surface area contributed by atoms with Crippen LogP contribution in [0.25, 0.3) is 5.65 Å². The largest absolute Gasteiger partial charge is 0.490 e. The molecule has 1 amide bonds. The Hall–Kier alpha value is -2.53. The summed E-state index contributed by atoms with van der Waals surface area (Å²) in [5, 5.41) is 3.56. The molecule has 1 N–H and O–H groups in total. The topological polar surface area (TPSA) is 55.6 Å². The number of rotatable bonds is 5. The molecule has 0 spiro atoms. The van der Waals surface area contributed by atoms with Gasteiger partial charge in [0.15, 0.2) is 11.4 Å². The lowest BCUT2D eigenvalue weighted by Crippen LogP contribution is -2.17. The molecule has 5 nitrogen and oxygen atoms in total. The number of carbonyl (C=O) groups excluding carboxylic acids is 1. The third-order valence-corrected chi connectivity index (χ3v) is 4.46. The first-order valence-electron chi connectivity index (χ1n) is 8.26.